The van der Waals surface area contributed by atoms with Crippen LogP contribution in [0.15, 0.2) is 34.1 Å². The van der Waals surface area contributed by atoms with Crippen molar-refractivity contribution in [3.8, 4) is 0 Å². The topological polar surface area (TPSA) is 149 Å². The van der Waals surface area contributed by atoms with E-state index in [1.54, 1.807) is 0 Å². The Hall–Kier alpha value is -1.49. The second kappa shape index (κ2) is 5.25. The molecule has 0 aliphatic rings. The van der Waals surface area contributed by atoms with Gasteiger partial charge in [-0.2, -0.15) is 4.72 Å². The second-order valence-corrected chi connectivity index (χ2v) is 7.04. The fourth-order valence-electron chi connectivity index (χ4n) is 1.17. The number of nitrogens with one attached hydrogen (secondary N) is 1. The molecule has 0 aromatic heterocycles. The first-order chi connectivity index (χ1) is 8.54. The molecule has 1 atom stereocenters. The van der Waals surface area contributed by atoms with E-state index < -0.39 is 32.0 Å². The molecule has 0 bridgehead atoms. The molecular weight excluding hydrogens is 294 g/mol. The Labute approximate surface area is 110 Å². The van der Waals surface area contributed by atoms with Gasteiger partial charge < -0.3 is 5.73 Å². The van der Waals surface area contributed by atoms with E-state index in [1.165, 1.54) is 6.92 Å². The van der Waals surface area contributed by atoms with E-state index in [1.807, 2.05) is 4.72 Å². The van der Waals surface area contributed by atoms with E-state index in [0.29, 0.717) is 0 Å². The zero-order valence-electron chi connectivity index (χ0n) is 9.90. The summed E-state index contributed by atoms with van der Waals surface area (Å²) in [5, 5.41) is 4.88. The number of sulfonamides is 2. The summed E-state index contributed by atoms with van der Waals surface area (Å²) in [5.74, 6) is -0.829. The minimum absolute atomic E-state index is 0.201. The Balaban J connectivity index is 3.07. The van der Waals surface area contributed by atoms with Crippen molar-refractivity contribution >= 4 is 26.0 Å². The van der Waals surface area contributed by atoms with Crippen molar-refractivity contribution < 1.29 is 21.6 Å². The minimum Gasteiger partial charge on any atom is -0.368 e. The first-order valence-electron chi connectivity index (χ1n) is 4.98. The Kier molecular flexibility index (Phi) is 4.30. The summed E-state index contributed by atoms with van der Waals surface area (Å²) in [4.78, 5) is 10.4. The van der Waals surface area contributed by atoms with Crippen molar-refractivity contribution in [1.29, 1.82) is 0 Å². The maximum absolute atomic E-state index is 11.8. The van der Waals surface area contributed by atoms with Crippen molar-refractivity contribution in [1.82, 2.24) is 4.72 Å². The van der Waals surface area contributed by atoms with Gasteiger partial charge in [-0.15, -0.1) is 0 Å². The third kappa shape index (κ3) is 3.99. The van der Waals surface area contributed by atoms with Crippen LogP contribution in [0.5, 0.6) is 0 Å². The molecule has 106 valence electrons. The number of carbonyl (C=O) groups excluding carboxylic acids is 1. The lowest BCUT2D eigenvalue weighted by Gasteiger charge is -2.11. The van der Waals surface area contributed by atoms with Gasteiger partial charge in [-0.05, 0) is 31.2 Å². The lowest BCUT2D eigenvalue weighted by atomic mass is 10.4. The van der Waals surface area contributed by atoms with Gasteiger partial charge in [-0.25, -0.2) is 22.0 Å². The summed E-state index contributed by atoms with van der Waals surface area (Å²) in [6.07, 6.45) is 0. The van der Waals surface area contributed by atoms with Crippen molar-refractivity contribution in [2.45, 2.75) is 22.8 Å². The second-order valence-electron chi connectivity index (χ2n) is 3.76. The smallest absolute Gasteiger partial charge is 0.241 e. The predicted molar refractivity (Wildman–Crippen MR) is 66.8 cm³/mol. The molecule has 0 fully saturated rings. The molecule has 0 aliphatic heterocycles. The van der Waals surface area contributed by atoms with Gasteiger partial charge in [0.05, 0.1) is 15.8 Å². The molecule has 1 rings (SSSR count). The summed E-state index contributed by atoms with van der Waals surface area (Å²) in [5.41, 5.74) is 4.94. The predicted octanol–water partition coefficient (Wildman–Crippen LogP) is -1.51. The number of primary sulfonamides is 1. The van der Waals surface area contributed by atoms with Gasteiger partial charge in [0.15, 0.2) is 0 Å². The van der Waals surface area contributed by atoms with Crippen molar-refractivity contribution in [2.24, 2.45) is 10.9 Å². The number of hydrogen-bond acceptors (Lipinski definition) is 5. The van der Waals surface area contributed by atoms with E-state index in [4.69, 9.17) is 10.9 Å². The van der Waals surface area contributed by atoms with Crippen molar-refractivity contribution in [3.05, 3.63) is 24.3 Å². The van der Waals surface area contributed by atoms with Gasteiger partial charge in [0, 0.05) is 0 Å². The quantitative estimate of drug-likeness (QED) is 0.604. The molecule has 0 heterocycles. The molecule has 0 aliphatic carbocycles. The van der Waals surface area contributed by atoms with E-state index in [2.05, 4.69) is 0 Å². The summed E-state index contributed by atoms with van der Waals surface area (Å²) in [6.45, 7) is 1.29. The highest BCUT2D eigenvalue weighted by atomic mass is 32.2. The lowest BCUT2D eigenvalue weighted by molar-refractivity contribution is -0.119. The molecule has 1 amide bonds. The number of amides is 1. The largest absolute Gasteiger partial charge is 0.368 e. The van der Waals surface area contributed by atoms with Crippen molar-refractivity contribution in [2.75, 3.05) is 0 Å². The molecule has 0 radical (unpaired) electrons. The van der Waals surface area contributed by atoms with E-state index in [9.17, 15) is 21.6 Å². The number of hydrogen-bond donors (Lipinski definition) is 3. The summed E-state index contributed by atoms with van der Waals surface area (Å²) in [7, 11) is -7.84. The van der Waals surface area contributed by atoms with E-state index in [0.717, 1.165) is 24.3 Å². The lowest BCUT2D eigenvalue weighted by Crippen LogP contribution is -2.42. The molecular formula is C9H13N3O5S2. The van der Waals surface area contributed by atoms with E-state index >= 15 is 0 Å². The van der Waals surface area contributed by atoms with E-state index in [-0.39, 0.29) is 9.79 Å². The maximum Gasteiger partial charge on any atom is 0.241 e. The fraction of sp³-hybridized carbons (Fsp3) is 0.222. The number of rotatable bonds is 5. The van der Waals surface area contributed by atoms with Crippen LogP contribution in [-0.2, 0) is 24.8 Å². The SMILES string of the molecule is CC(NS(=O)(=O)c1ccc(S(N)(=O)=O)cc1)C(N)=O. The Morgan fingerprint density at radius 2 is 1.53 bits per heavy atom. The molecule has 10 heteroatoms. The average molecular weight is 307 g/mol. The number of primary amides is 1. The normalized spacial score (nSPS) is 14.0. The van der Waals surface area contributed by atoms with Crippen LogP contribution in [0.3, 0.4) is 0 Å². The highest BCUT2D eigenvalue weighted by Crippen LogP contribution is 2.13. The zero-order chi connectivity index (χ0) is 14.8. The molecule has 1 aromatic rings. The highest BCUT2D eigenvalue weighted by Gasteiger charge is 2.20. The summed E-state index contributed by atoms with van der Waals surface area (Å²) < 4.78 is 47.7. The summed E-state index contributed by atoms with van der Waals surface area (Å²) in [6, 6.07) is 3.16. The van der Waals surface area contributed by atoms with Crippen LogP contribution in [0.2, 0.25) is 0 Å². The number of carbonyl (C=O) groups is 1. The van der Waals surface area contributed by atoms with Crippen LogP contribution < -0.4 is 15.6 Å². The van der Waals surface area contributed by atoms with Gasteiger partial charge in [0.25, 0.3) is 0 Å². The van der Waals surface area contributed by atoms with Gasteiger partial charge in [0.1, 0.15) is 0 Å². The van der Waals surface area contributed by atoms with Crippen LogP contribution in [0.4, 0.5) is 0 Å². The van der Waals surface area contributed by atoms with Crippen LogP contribution >= 0.6 is 0 Å². The van der Waals surface area contributed by atoms with Crippen LogP contribution in [0.1, 0.15) is 6.92 Å². The molecule has 5 N–H and O–H groups in total. The van der Waals surface area contributed by atoms with Gasteiger partial charge in [0.2, 0.25) is 26.0 Å². The maximum atomic E-state index is 11.8. The Bertz CT molecular complexity index is 679. The highest BCUT2D eigenvalue weighted by molar-refractivity contribution is 7.89. The first-order valence-corrected chi connectivity index (χ1v) is 8.01. The number of nitrogens with two attached hydrogens (primary N) is 2. The van der Waals surface area contributed by atoms with Gasteiger partial charge >= 0.3 is 0 Å². The Morgan fingerprint density at radius 1 is 1.11 bits per heavy atom. The average Bonchev–Trinajstić information content (AvgIpc) is 2.27. The van der Waals surface area contributed by atoms with Crippen LogP contribution in [0, 0.1) is 0 Å². The molecule has 0 spiro atoms. The molecule has 8 nitrogen and oxygen atoms in total. The van der Waals surface area contributed by atoms with Crippen molar-refractivity contribution in [3.63, 3.8) is 0 Å². The molecule has 0 saturated carbocycles. The van der Waals surface area contributed by atoms with Crippen LogP contribution in [-0.4, -0.2) is 28.8 Å². The summed E-state index contributed by atoms with van der Waals surface area (Å²) >= 11 is 0. The number of benzene rings is 1. The molecule has 19 heavy (non-hydrogen) atoms. The monoisotopic (exact) mass is 307 g/mol. The van der Waals surface area contributed by atoms with Crippen LogP contribution in [0.25, 0.3) is 0 Å². The minimum atomic E-state index is -3.95. The fourth-order valence-corrected chi connectivity index (χ4v) is 2.89. The third-order valence-corrected chi connectivity index (χ3v) is 4.71. The first kappa shape index (κ1) is 15.6. The molecule has 0 saturated heterocycles. The molecule has 1 unspecified atom stereocenters. The standard InChI is InChI=1S/C9H13N3O5S2/c1-6(9(10)13)12-19(16,17)8-4-2-7(3-5-8)18(11,14)15/h2-6,12H,1H3,(H2,10,13)(H2,11,14,15). The molecule has 1 aromatic carbocycles. The third-order valence-electron chi connectivity index (χ3n) is 2.22. The van der Waals surface area contributed by atoms with Gasteiger partial charge in [-0.3, -0.25) is 4.79 Å². The zero-order valence-corrected chi connectivity index (χ0v) is 11.5. The van der Waals surface area contributed by atoms with Gasteiger partial charge in [-0.1, -0.05) is 0 Å². The Morgan fingerprint density at radius 3 is 1.89 bits per heavy atom.